The van der Waals surface area contributed by atoms with Crippen molar-refractivity contribution in [2.24, 2.45) is 29.4 Å². The number of hydrogen-bond donors (Lipinski definition) is 3. The van der Waals surface area contributed by atoms with Crippen LogP contribution < -0.4 is 5.73 Å². The van der Waals surface area contributed by atoms with Gasteiger partial charge in [-0.3, -0.25) is 33.8 Å². The van der Waals surface area contributed by atoms with E-state index in [9.17, 15) is 34.2 Å². The van der Waals surface area contributed by atoms with Gasteiger partial charge in [-0.25, -0.2) is 0 Å². The summed E-state index contributed by atoms with van der Waals surface area (Å²) in [7, 11) is 3.14. The minimum atomic E-state index is -2.75. The number of rotatable bonds is 5. The molecule has 0 bridgehead atoms. The number of phenols is 1. The van der Waals surface area contributed by atoms with Gasteiger partial charge in [-0.05, 0) is 71.9 Å². The summed E-state index contributed by atoms with van der Waals surface area (Å²) in [5.41, 5.74) is 5.98. The summed E-state index contributed by atoms with van der Waals surface area (Å²) in [4.78, 5) is 71.4. The van der Waals surface area contributed by atoms with E-state index < -0.39 is 64.4 Å². The highest BCUT2D eigenvalue weighted by Crippen LogP contribution is 2.52. The predicted octanol–water partition coefficient (Wildman–Crippen LogP) is 1.52. The number of morpholine rings is 1. The number of ether oxygens (including phenoxy) is 1. The Balaban J connectivity index is 1.33. The lowest BCUT2D eigenvalue weighted by Gasteiger charge is -2.52. The second-order valence-corrected chi connectivity index (χ2v) is 13.5. The van der Waals surface area contributed by atoms with Crippen LogP contribution in [0.15, 0.2) is 48.5 Å². The molecule has 0 radical (unpaired) electrons. The summed E-state index contributed by atoms with van der Waals surface area (Å²) in [5, 5.41) is 24.9. The standard InChI is InChI=1S/C36H37N3O8/c1-38(2)30-25-16-19-15-24-23(22-8-7-18(17-39-11-13-47-14-12-39)20-5-3-4-6-21(20)22)9-10-26(40)28(24)31(41)27(19)33(43)36(25,46)34(44)29(32(30)42)35(37)45/h3-10,19,25,27,29-30,40,46H,11-17H2,1-2H3,(H2,37,45). The summed E-state index contributed by atoms with van der Waals surface area (Å²) in [6.07, 6.45) is 0.192. The van der Waals surface area contributed by atoms with Crippen molar-refractivity contribution < 1.29 is 38.9 Å². The van der Waals surface area contributed by atoms with Gasteiger partial charge in [-0.2, -0.15) is 0 Å². The molecule has 4 aliphatic rings. The second kappa shape index (κ2) is 11.4. The molecule has 11 nitrogen and oxygen atoms in total. The molecular formula is C36H37N3O8. The third-order valence-corrected chi connectivity index (χ3v) is 10.7. The van der Waals surface area contributed by atoms with Gasteiger partial charge in [0, 0.05) is 25.6 Å². The van der Waals surface area contributed by atoms with Crippen LogP contribution in [0.3, 0.4) is 0 Å². The molecule has 3 aliphatic carbocycles. The Morgan fingerprint density at radius 3 is 2.34 bits per heavy atom. The number of Topliss-reactive ketones (excluding diaryl/α,β-unsaturated/α-hetero) is 4. The molecule has 6 atom stereocenters. The van der Waals surface area contributed by atoms with Crippen LogP contribution in [-0.4, -0.2) is 101 Å². The van der Waals surface area contributed by atoms with Crippen molar-refractivity contribution in [1.82, 2.24) is 9.80 Å². The molecule has 1 heterocycles. The molecule has 3 aromatic rings. The van der Waals surface area contributed by atoms with Crippen LogP contribution in [0.4, 0.5) is 0 Å². The first-order chi connectivity index (χ1) is 22.4. The molecule has 3 aromatic carbocycles. The Kier molecular flexibility index (Phi) is 7.63. The molecule has 3 fully saturated rings. The lowest BCUT2D eigenvalue weighted by atomic mass is 9.52. The zero-order valence-corrected chi connectivity index (χ0v) is 26.3. The molecule has 1 saturated heterocycles. The normalized spacial score (nSPS) is 29.5. The van der Waals surface area contributed by atoms with Crippen LogP contribution in [0.2, 0.25) is 0 Å². The number of nitrogens with zero attached hydrogens (tertiary/aromatic N) is 2. The van der Waals surface area contributed by atoms with Crippen LogP contribution in [0.5, 0.6) is 5.75 Å². The van der Waals surface area contributed by atoms with E-state index in [0.717, 1.165) is 47.1 Å². The Morgan fingerprint density at radius 2 is 1.66 bits per heavy atom. The summed E-state index contributed by atoms with van der Waals surface area (Å²) < 4.78 is 5.52. The zero-order valence-electron chi connectivity index (χ0n) is 26.3. The zero-order chi connectivity index (χ0) is 33.4. The van der Waals surface area contributed by atoms with E-state index in [4.69, 9.17) is 10.5 Å². The van der Waals surface area contributed by atoms with Crippen molar-refractivity contribution in [3.05, 3.63) is 65.2 Å². The average Bonchev–Trinajstić information content (AvgIpc) is 3.03. The summed E-state index contributed by atoms with van der Waals surface area (Å²) in [6.45, 7) is 3.83. The fraction of sp³-hybridized carbons (Fsp3) is 0.417. The minimum absolute atomic E-state index is 0.00176. The van der Waals surface area contributed by atoms with Gasteiger partial charge in [0.1, 0.15) is 5.75 Å². The molecule has 0 aromatic heterocycles. The van der Waals surface area contributed by atoms with Crippen molar-refractivity contribution in [3.8, 4) is 16.9 Å². The number of aromatic hydroxyl groups is 1. The first-order valence-electron chi connectivity index (χ1n) is 16.0. The van der Waals surface area contributed by atoms with Gasteiger partial charge in [0.25, 0.3) is 0 Å². The van der Waals surface area contributed by atoms with Crippen LogP contribution in [0.25, 0.3) is 21.9 Å². The van der Waals surface area contributed by atoms with E-state index in [0.29, 0.717) is 18.8 Å². The number of ketones is 4. The van der Waals surface area contributed by atoms with E-state index in [1.54, 1.807) is 20.2 Å². The maximum atomic E-state index is 14.2. The molecule has 0 spiro atoms. The van der Waals surface area contributed by atoms with Crippen LogP contribution in [-0.2, 0) is 36.9 Å². The second-order valence-electron chi connectivity index (χ2n) is 13.5. The summed E-state index contributed by atoms with van der Waals surface area (Å²) >= 11 is 0. The van der Waals surface area contributed by atoms with Gasteiger partial charge in [-0.1, -0.05) is 42.5 Å². The highest BCUT2D eigenvalue weighted by atomic mass is 16.5. The van der Waals surface area contributed by atoms with Gasteiger partial charge < -0.3 is 20.7 Å². The molecule has 1 amide bonds. The maximum absolute atomic E-state index is 14.2. The number of nitrogens with two attached hydrogens (primary N) is 1. The van der Waals surface area contributed by atoms with Crippen LogP contribution >= 0.6 is 0 Å². The average molecular weight is 640 g/mol. The molecular weight excluding hydrogens is 602 g/mol. The van der Waals surface area contributed by atoms with Gasteiger partial charge in [0.15, 0.2) is 34.7 Å². The van der Waals surface area contributed by atoms with Crippen LogP contribution in [0, 0.1) is 23.7 Å². The number of carbonyl (C=O) groups is 5. The topological polar surface area (TPSA) is 168 Å². The lowest BCUT2D eigenvalue weighted by molar-refractivity contribution is -0.181. The number of phenolic OH excluding ortho intramolecular Hbond substituents is 1. The monoisotopic (exact) mass is 639 g/mol. The molecule has 7 rings (SSSR count). The van der Waals surface area contributed by atoms with Crippen molar-refractivity contribution in [1.29, 1.82) is 0 Å². The molecule has 2 saturated carbocycles. The molecule has 11 heteroatoms. The number of primary amides is 1. The van der Waals surface area contributed by atoms with Gasteiger partial charge in [-0.15, -0.1) is 0 Å². The Morgan fingerprint density at radius 1 is 0.979 bits per heavy atom. The molecule has 47 heavy (non-hydrogen) atoms. The van der Waals surface area contributed by atoms with Crippen molar-refractivity contribution in [3.63, 3.8) is 0 Å². The number of hydrogen-bond acceptors (Lipinski definition) is 10. The highest BCUT2D eigenvalue weighted by Gasteiger charge is 2.69. The predicted molar refractivity (Wildman–Crippen MR) is 170 cm³/mol. The fourth-order valence-corrected chi connectivity index (χ4v) is 8.59. The Bertz CT molecular complexity index is 1860. The fourth-order valence-electron chi connectivity index (χ4n) is 8.59. The Labute approximate surface area is 271 Å². The number of benzene rings is 3. The molecule has 4 N–H and O–H groups in total. The first kappa shape index (κ1) is 31.3. The number of likely N-dealkylation sites (N-methyl/N-ethyl adjacent to an activating group) is 1. The van der Waals surface area contributed by atoms with Crippen molar-refractivity contribution in [2.45, 2.75) is 31.0 Å². The van der Waals surface area contributed by atoms with Gasteiger partial charge in [0.2, 0.25) is 5.91 Å². The van der Waals surface area contributed by atoms with E-state index in [1.807, 2.05) is 24.3 Å². The smallest absolute Gasteiger partial charge is 0.235 e. The number of carbonyl (C=O) groups excluding carboxylic acids is 5. The highest BCUT2D eigenvalue weighted by molar-refractivity contribution is 6.32. The molecule has 244 valence electrons. The first-order valence-corrected chi connectivity index (χ1v) is 16.0. The van der Waals surface area contributed by atoms with E-state index in [-0.39, 0.29) is 24.2 Å². The summed E-state index contributed by atoms with van der Waals surface area (Å²) in [6, 6.07) is 14.2. The maximum Gasteiger partial charge on any atom is 0.235 e. The lowest BCUT2D eigenvalue weighted by Crippen LogP contribution is -2.74. The minimum Gasteiger partial charge on any atom is -0.507 e. The molecule has 6 unspecified atom stereocenters. The number of aliphatic hydroxyl groups is 1. The quantitative estimate of drug-likeness (QED) is 0.348. The van der Waals surface area contributed by atoms with E-state index >= 15 is 0 Å². The van der Waals surface area contributed by atoms with Crippen molar-refractivity contribution >= 4 is 39.8 Å². The van der Waals surface area contributed by atoms with Crippen molar-refractivity contribution in [2.75, 3.05) is 40.4 Å². The molecule has 1 aliphatic heterocycles. The van der Waals surface area contributed by atoms with E-state index in [2.05, 4.69) is 17.0 Å². The number of fused-ring (bicyclic) bond motifs is 4. The largest absolute Gasteiger partial charge is 0.507 e. The summed E-state index contributed by atoms with van der Waals surface area (Å²) in [5.74, 6) is -10.6. The third kappa shape index (κ3) is 4.67. The van der Waals surface area contributed by atoms with Gasteiger partial charge >= 0.3 is 0 Å². The third-order valence-electron chi connectivity index (χ3n) is 10.7. The van der Waals surface area contributed by atoms with E-state index in [1.165, 1.54) is 11.0 Å². The van der Waals surface area contributed by atoms with Gasteiger partial charge in [0.05, 0.1) is 30.7 Å². The SMILES string of the molecule is CN(C)C1C(=O)C(C(N)=O)C(=O)C2(O)C(=O)C3C(=O)c4c(O)ccc(-c5ccc(CN6CCOCC6)c6ccccc56)c4CC3CC12. The number of amides is 1. The van der Waals surface area contributed by atoms with Crippen LogP contribution in [0.1, 0.15) is 27.9 Å². The Hall–Kier alpha value is -4.29.